The van der Waals surface area contributed by atoms with Crippen molar-refractivity contribution in [2.24, 2.45) is 5.92 Å². The average Bonchev–Trinajstić information content (AvgIpc) is 3.31. The van der Waals surface area contributed by atoms with Crippen molar-refractivity contribution < 1.29 is 13.9 Å². The Hall–Kier alpha value is -2.73. The highest BCUT2D eigenvalue weighted by atomic mass is 19.1. The fourth-order valence-corrected chi connectivity index (χ4v) is 3.58. The Morgan fingerprint density at radius 3 is 2.85 bits per heavy atom. The van der Waals surface area contributed by atoms with Crippen LogP contribution in [0, 0.1) is 11.7 Å². The second-order valence-electron chi connectivity index (χ2n) is 6.40. The van der Waals surface area contributed by atoms with Crippen LogP contribution < -0.4 is 4.74 Å². The standard InChI is InChI=1S/C20H20FN3O2/c1-25-18-4-2-3-16(21)19(18)20-23-9-10-24(20)17-13-26-12-15(17)11-14-5-7-22-8-6-14/h2-10,15,17H,11-13H2,1H3/t15-,17-/m1/s1. The van der Waals surface area contributed by atoms with Gasteiger partial charge in [-0.2, -0.15) is 0 Å². The predicted molar refractivity (Wildman–Crippen MR) is 95.5 cm³/mol. The second kappa shape index (κ2) is 7.25. The highest BCUT2D eigenvalue weighted by molar-refractivity contribution is 5.65. The third-order valence-electron chi connectivity index (χ3n) is 4.86. The van der Waals surface area contributed by atoms with E-state index in [0.717, 1.165) is 6.42 Å². The first kappa shape index (κ1) is 16.7. The zero-order valence-electron chi connectivity index (χ0n) is 14.5. The van der Waals surface area contributed by atoms with Gasteiger partial charge in [-0.25, -0.2) is 9.37 Å². The summed E-state index contributed by atoms with van der Waals surface area (Å²) in [6, 6.07) is 8.93. The molecule has 0 bridgehead atoms. The van der Waals surface area contributed by atoms with Gasteiger partial charge in [0.05, 0.1) is 31.9 Å². The van der Waals surface area contributed by atoms with Gasteiger partial charge in [-0.1, -0.05) is 6.07 Å². The van der Waals surface area contributed by atoms with E-state index in [1.54, 1.807) is 30.7 Å². The number of nitrogens with zero attached hydrogens (tertiary/aromatic N) is 3. The van der Waals surface area contributed by atoms with Crippen LogP contribution in [-0.4, -0.2) is 34.9 Å². The van der Waals surface area contributed by atoms with Crippen LogP contribution in [0.15, 0.2) is 55.1 Å². The van der Waals surface area contributed by atoms with Crippen molar-refractivity contribution in [3.8, 4) is 17.1 Å². The van der Waals surface area contributed by atoms with E-state index in [0.29, 0.717) is 30.4 Å². The Bertz CT molecular complexity index is 882. The molecule has 3 heterocycles. The normalized spacial score (nSPS) is 19.6. The lowest BCUT2D eigenvalue weighted by Crippen LogP contribution is -2.20. The smallest absolute Gasteiger partial charge is 0.146 e. The topological polar surface area (TPSA) is 49.2 Å². The maximum atomic E-state index is 14.5. The first-order valence-corrected chi connectivity index (χ1v) is 8.60. The van der Waals surface area contributed by atoms with E-state index in [9.17, 15) is 4.39 Å². The number of rotatable bonds is 5. The Morgan fingerprint density at radius 1 is 1.19 bits per heavy atom. The van der Waals surface area contributed by atoms with Gasteiger partial charge in [0, 0.05) is 30.7 Å². The molecule has 1 aliphatic rings. The minimum absolute atomic E-state index is 0.0879. The number of ether oxygens (including phenoxy) is 2. The van der Waals surface area contributed by atoms with Crippen molar-refractivity contribution >= 4 is 0 Å². The van der Waals surface area contributed by atoms with E-state index in [1.807, 2.05) is 22.9 Å². The molecule has 0 N–H and O–H groups in total. The summed E-state index contributed by atoms with van der Waals surface area (Å²) in [5.74, 6) is 0.974. The van der Waals surface area contributed by atoms with E-state index in [1.165, 1.54) is 18.7 Å². The first-order chi connectivity index (χ1) is 12.8. The number of hydrogen-bond donors (Lipinski definition) is 0. The van der Waals surface area contributed by atoms with E-state index in [-0.39, 0.29) is 17.8 Å². The molecular formula is C20H20FN3O2. The molecular weight excluding hydrogens is 333 g/mol. The zero-order valence-corrected chi connectivity index (χ0v) is 14.5. The number of halogens is 1. The van der Waals surface area contributed by atoms with Gasteiger partial charge in [0.2, 0.25) is 0 Å². The van der Waals surface area contributed by atoms with Crippen LogP contribution in [0.4, 0.5) is 4.39 Å². The summed E-state index contributed by atoms with van der Waals surface area (Å²) in [4.78, 5) is 8.49. The molecule has 2 atom stereocenters. The average molecular weight is 353 g/mol. The Kier molecular flexibility index (Phi) is 4.67. The molecule has 0 spiro atoms. The van der Waals surface area contributed by atoms with E-state index in [4.69, 9.17) is 9.47 Å². The maximum Gasteiger partial charge on any atom is 0.146 e. The van der Waals surface area contributed by atoms with Crippen LogP contribution in [0.2, 0.25) is 0 Å². The van der Waals surface area contributed by atoms with Gasteiger partial charge in [-0.05, 0) is 36.2 Å². The van der Waals surface area contributed by atoms with Crippen LogP contribution in [0.25, 0.3) is 11.4 Å². The molecule has 1 aromatic carbocycles. The third kappa shape index (κ3) is 3.08. The maximum absolute atomic E-state index is 14.5. The molecule has 0 saturated carbocycles. The second-order valence-corrected chi connectivity index (χ2v) is 6.40. The quantitative estimate of drug-likeness (QED) is 0.704. The Morgan fingerprint density at radius 2 is 2.04 bits per heavy atom. The molecule has 1 aliphatic heterocycles. The van der Waals surface area contributed by atoms with Gasteiger partial charge in [-0.3, -0.25) is 4.98 Å². The monoisotopic (exact) mass is 353 g/mol. The van der Waals surface area contributed by atoms with Crippen LogP contribution in [-0.2, 0) is 11.2 Å². The van der Waals surface area contributed by atoms with Gasteiger partial charge < -0.3 is 14.0 Å². The highest BCUT2D eigenvalue weighted by Crippen LogP contribution is 2.36. The molecule has 2 aromatic heterocycles. The summed E-state index contributed by atoms with van der Waals surface area (Å²) in [6.45, 7) is 1.24. The lowest BCUT2D eigenvalue weighted by Gasteiger charge is -2.22. The van der Waals surface area contributed by atoms with E-state index >= 15 is 0 Å². The molecule has 0 radical (unpaired) electrons. The molecule has 0 unspecified atom stereocenters. The van der Waals surface area contributed by atoms with Gasteiger partial charge in [0.15, 0.2) is 0 Å². The van der Waals surface area contributed by atoms with Gasteiger partial charge in [0.1, 0.15) is 17.4 Å². The number of imidazole rings is 1. The molecule has 134 valence electrons. The van der Waals surface area contributed by atoms with Crippen LogP contribution in [0.3, 0.4) is 0 Å². The summed E-state index contributed by atoms with van der Waals surface area (Å²) >= 11 is 0. The van der Waals surface area contributed by atoms with Crippen molar-refractivity contribution in [1.82, 2.24) is 14.5 Å². The fraction of sp³-hybridized carbons (Fsp3) is 0.300. The number of hydrogen-bond acceptors (Lipinski definition) is 4. The van der Waals surface area contributed by atoms with Crippen molar-refractivity contribution in [2.75, 3.05) is 20.3 Å². The lowest BCUT2D eigenvalue weighted by molar-refractivity contribution is 0.181. The summed E-state index contributed by atoms with van der Waals surface area (Å²) in [5.41, 5.74) is 1.60. The molecule has 5 nitrogen and oxygen atoms in total. The Balaban J connectivity index is 1.68. The molecule has 26 heavy (non-hydrogen) atoms. The Labute approximate surface area is 151 Å². The predicted octanol–water partition coefficient (Wildman–Crippen LogP) is 3.52. The van der Waals surface area contributed by atoms with Gasteiger partial charge in [-0.15, -0.1) is 0 Å². The van der Waals surface area contributed by atoms with Crippen molar-refractivity contribution in [2.45, 2.75) is 12.5 Å². The summed E-state index contributed by atoms with van der Waals surface area (Å²) < 4.78 is 27.7. The molecule has 4 rings (SSSR count). The van der Waals surface area contributed by atoms with E-state index < -0.39 is 0 Å². The van der Waals surface area contributed by atoms with Crippen LogP contribution in [0.5, 0.6) is 5.75 Å². The van der Waals surface area contributed by atoms with Crippen molar-refractivity contribution in [3.63, 3.8) is 0 Å². The zero-order chi connectivity index (χ0) is 17.9. The molecule has 0 amide bonds. The van der Waals surface area contributed by atoms with Crippen LogP contribution >= 0.6 is 0 Å². The summed E-state index contributed by atoms with van der Waals surface area (Å²) in [5, 5.41) is 0. The number of methoxy groups -OCH3 is 1. The first-order valence-electron chi connectivity index (χ1n) is 8.60. The van der Waals surface area contributed by atoms with Gasteiger partial charge in [0.25, 0.3) is 0 Å². The fourth-order valence-electron chi connectivity index (χ4n) is 3.58. The molecule has 3 aromatic rings. The summed E-state index contributed by atoms with van der Waals surface area (Å²) in [7, 11) is 1.54. The minimum Gasteiger partial charge on any atom is -0.496 e. The van der Waals surface area contributed by atoms with Gasteiger partial charge >= 0.3 is 0 Å². The summed E-state index contributed by atoms with van der Waals surface area (Å²) in [6.07, 6.45) is 8.06. The molecule has 1 fully saturated rings. The van der Waals surface area contributed by atoms with Crippen molar-refractivity contribution in [1.29, 1.82) is 0 Å². The van der Waals surface area contributed by atoms with Crippen molar-refractivity contribution in [3.05, 3.63) is 66.5 Å². The molecule has 6 heteroatoms. The minimum atomic E-state index is -0.346. The largest absolute Gasteiger partial charge is 0.496 e. The number of pyridine rings is 1. The SMILES string of the molecule is COc1cccc(F)c1-c1nccn1[C@@H]1COC[C@H]1Cc1ccncc1. The molecule has 1 saturated heterocycles. The lowest BCUT2D eigenvalue weighted by atomic mass is 9.95. The third-order valence-corrected chi connectivity index (χ3v) is 4.86. The number of benzene rings is 1. The molecule has 0 aliphatic carbocycles. The van der Waals surface area contributed by atoms with E-state index in [2.05, 4.69) is 9.97 Å². The number of aromatic nitrogens is 3. The highest BCUT2D eigenvalue weighted by Gasteiger charge is 2.32. The van der Waals surface area contributed by atoms with Crippen LogP contribution in [0.1, 0.15) is 11.6 Å².